The molecule has 3 N–H and O–H groups in total. The number of anilines is 1. The molecule has 2 amide bonds. The van der Waals surface area contributed by atoms with Crippen LogP contribution in [0.3, 0.4) is 0 Å². The summed E-state index contributed by atoms with van der Waals surface area (Å²) in [6.45, 7) is 2.05. The molecule has 1 heterocycles. The lowest BCUT2D eigenvalue weighted by atomic mass is 10.2. The molecule has 0 aliphatic heterocycles. The number of carbonyl (C=O) groups excluding carboxylic acids is 1. The van der Waals surface area contributed by atoms with Crippen LogP contribution in [0.4, 0.5) is 10.5 Å². The molecule has 1 saturated carbocycles. The highest BCUT2D eigenvalue weighted by molar-refractivity contribution is 5.92. The minimum atomic E-state index is -0.223. The molecule has 0 bridgehead atoms. The zero-order valence-electron chi connectivity index (χ0n) is 10.7. The molecule has 1 aliphatic carbocycles. The molecule has 0 radical (unpaired) electrons. The van der Waals surface area contributed by atoms with Crippen molar-refractivity contribution in [3.8, 4) is 0 Å². The average Bonchev–Trinajstić information content (AvgIpc) is 3.15. The number of hydrogen-bond donors (Lipinski definition) is 3. The summed E-state index contributed by atoms with van der Waals surface area (Å²) in [5.41, 5.74) is 3.77. The molecule has 1 fully saturated rings. The molecule has 0 saturated heterocycles. The van der Waals surface area contributed by atoms with Crippen molar-refractivity contribution in [1.29, 1.82) is 0 Å². The molecule has 19 heavy (non-hydrogen) atoms. The second-order valence-corrected chi connectivity index (χ2v) is 4.90. The molecule has 3 rings (SSSR count). The molecule has 98 valence electrons. The van der Waals surface area contributed by atoms with Crippen molar-refractivity contribution in [2.45, 2.75) is 19.8 Å². The maximum Gasteiger partial charge on any atom is 0.323 e. The van der Waals surface area contributed by atoms with E-state index in [1.54, 1.807) is 12.5 Å². The lowest BCUT2D eigenvalue weighted by Gasteiger charge is -2.05. The monoisotopic (exact) mass is 256 g/mol. The van der Waals surface area contributed by atoms with Gasteiger partial charge < -0.3 is 15.6 Å². The van der Waals surface area contributed by atoms with Gasteiger partial charge in [0.15, 0.2) is 0 Å². The zero-order valence-corrected chi connectivity index (χ0v) is 10.7. The van der Waals surface area contributed by atoms with Crippen LogP contribution >= 0.6 is 0 Å². The van der Waals surface area contributed by atoms with E-state index >= 15 is 0 Å². The number of fused-ring (bicyclic) bond motifs is 1. The predicted molar refractivity (Wildman–Crippen MR) is 74.7 cm³/mol. The molecule has 1 aromatic heterocycles. The van der Waals surface area contributed by atoms with Crippen LogP contribution in [0.5, 0.6) is 0 Å². The Morgan fingerprint density at radius 3 is 3.11 bits per heavy atom. The van der Waals surface area contributed by atoms with Crippen LogP contribution in [-0.2, 0) is 0 Å². The SMILES string of the molecule is C/C(=C\NC(=O)Nc1ccc2nc[nH]c2c1)C1CC1. The Bertz CT molecular complexity index is 640. The van der Waals surface area contributed by atoms with E-state index in [0.29, 0.717) is 5.92 Å². The fourth-order valence-corrected chi connectivity index (χ4v) is 2.02. The van der Waals surface area contributed by atoms with Gasteiger partial charge in [-0.25, -0.2) is 9.78 Å². The highest BCUT2D eigenvalue weighted by Gasteiger charge is 2.22. The van der Waals surface area contributed by atoms with Crippen LogP contribution in [0.1, 0.15) is 19.8 Å². The smallest absolute Gasteiger partial charge is 0.323 e. The largest absolute Gasteiger partial charge is 0.345 e. The first kappa shape index (κ1) is 11.8. The first-order valence-corrected chi connectivity index (χ1v) is 6.40. The number of urea groups is 1. The Labute approximate surface area is 111 Å². The minimum absolute atomic E-state index is 0.223. The van der Waals surface area contributed by atoms with Crippen LogP contribution in [-0.4, -0.2) is 16.0 Å². The van der Waals surface area contributed by atoms with Gasteiger partial charge in [-0.05, 0) is 43.9 Å². The van der Waals surface area contributed by atoms with Gasteiger partial charge in [0, 0.05) is 11.9 Å². The number of benzene rings is 1. The maximum absolute atomic E-state index is 11.7. The average molecular weight is 256 g/mol. The van der Waals surface area contributed by atoms with Crippen molar-refractivity contribution in [3.05, 3.63) is 36.3 Å². The Morgan fingerprint density at radius 2 is 2.32 bits per heavy atom. The number of aromatic nitrogens is 2. The third-order valence-electron chi connectivity index (χ3n) is 3.33. The van der Waals surface area contributed by atoms with Gasteiger partial charge in [-0.3, -0.25) is 0 Å². The molecule has 5 nitrogen and oxygen atoms in total. The quantitative estimate of drug-likeness (QED) is 0.790. The first-order chi connectivity index (χ1) is 9.22. The topological polar surface area (TPSA) is 69.8 Å². The molecule has 0 unspecified atom stereocenters. The highest BCUT2D eigenvalue weighted by atomic mass is 16.2. The minimum Gasteiger partial charge on any atom is -0.345 e. The van der Waals surface area contributed by atoms with E-state index in [2.05, 4.69) is 27.5 Å². The summed E-state index contributed by atoms with van der Waals surface area (Å²) in [5.74, 6) is 0.668. The number of nitrogens with one attached hydrogen (secondary N) is 3. The highest BCUT2D eigenvalue weighted by Crippen LogP contribution is 2.35. The third kappa shape index (κ3) is 2.76. The number of rotatable bonds is 3. The van der Waals surface area contributed by atoms with Crippen LogP contribution in [0.2, 0.25) is 0 Å². The van der Waals surface area contributed by atoms with E-state index in [-0.39, 0.29) is 6.03 Å². The summed E-state index contributed by atoms with van der Waals surface area (Å²) in [4.78, 5) is 18.9. The Morgan fingerprint density at radius 1 is 1.47 bits per heavy atom. The maximum atomic E-state index is 11.7. The van der Waals surface area contributed by atoms with Gasteiger partial charge in [0.2, 0.25) is 0 Å². The third-order valence-corrected chi connectivity index (χ3v) is 3.33. The Kier molecular flexibility index (Phi) is 2.95. The number of aromatic amines is 1. The van der Waals surface area contributed by atoms with E-state index in [1.807, 2.05) is 18.2 Å². The van der Waals surface area contributed by atoms with Crippen molar-refractivity contribution in [3.63, 3.8) is 0 Å². The number of amides is 2. The second kappa shape index (κ2) is 4.76. The van der Waals surface area contributed by atoms with Gasteiger partial charge in [0.1, 0.15) is 0 Å². The number of carbonyl (C=O) groups is 1. The number of nitrogens with zero attached hydrogens (tertiary/aromatic N) is 1. The molecule has 0 atom stereocenters. The van der Waals surface area contributed by atoms with Crippen LogP contribution in [0.15, 0.2) is 36.3 Å². The predicted octanol–water partition coefficient (Wildman–Crippen LogP) is 3.00. The van der Waals surface area contributed by atoms with E-state index in [1.165, 1.54) is 18.4 Å². The molecule has 2 aromatic rings. The number of imidazole rings is 1. The van der Waals surface area contributed by atoms with Gasteiger partial charge in [-0.2, -0.15) is 0 Å². The number of H-pyrrole nitrogens is 1. The summed E-state index contributed by atoms with van der Waals surface area (Å²) >= 11 is 0. The fraction of sp³-hybridized carbons (Fsp3) is 0.286. The zero-order chi connectivity index (χ0) is 13.2. The summed E-state index contributed by atoms with van der Waals surface area (Å²) in [5, 5.41) is 5.55. The van der Waals surface area contributed by atoms with Crippen molar-refractivity contribution in [2.75, 3.05) is 5.32 Å². The second-order valence-electron chi connectivity index (χ2n) is 4.90. The summed E-state index contributed by atoms with van der Waals surface area (Å²) < 4.78 is 0. The Balaban J connectivity index is 1.63. The molecule has 1 aliphatic rings. The van der Waals surface area contributed by atoms with E-state index in [0.717, 1.165) is 16.7 Å². The van der Waals surface area contributed by atoms with Crippen molar-refractivity contribution >= 4 is 22.8 Å². The van der Waals surface area contributed by atoms with Crippen LogP contribution < -0.4 is 10.6 Å². The van der Waals surface area contributed by atoms with Crippen molar-refractivity contribution in [1.82, 2.24) is 15.3 Å². The summed E-state index contributed by atoms with van der Waals surface area (Å²) in [6.07, 6.45) is 5.90. The molecule has 0 spiro atoms. The van der Waals surface area contributed by atoms with Crippen LogP contribution in [0, 0.1) is 5.92 Å². The molecule has 1 aromatic carbocycles. The molecule has 5 heteroatoms. The van der Waals surface area contributed by atoms with Crippen LogP contribution in [0.25, 0.3) is 11.0 Å². The van der Waals surface area contributed by atoms with Gasteiger partial charge in [0.05, 0.1) is 17.4 Å². The fourth-order valence-electron chi connectivity index (χ4n) is 2.02. The summed E-state index contributed by atoms with van der Waals surface area (Å²) in [7, 11) is 0. The van der Waals surface area contributed by atoms with E-state index in [9.17, 15) is 4.79 Å². The van der Waals surface area contributed by atoms with Gasteiger partial charge in [0.25, 0.3) is 0 Å². The van der Waals surface area contributed by atoms with Gasteiger partial charge in [-0.1, -0.05) is 5.57 Å². The van der Waals surface area contributed by atoms with Crippen molar-refractivity contribution in [2.24, 2.45) is 5.92 Å². The lowest BCUT2D eigenvalue weighted by molar-refractivity contribution is 0.255. The molecular formula is C14H16N4O. The number of hydrogen-bond acceptors (Lipinski definition) is 2. The summed E-state index contributed by atoms with van der Waals surface area (Å²) in [6, 6.07) is 5.34. The van der Waals surface area contributed by atoms with Gasteiger partial charge >= 0.3 is 6.03 Å². The standard InChI is InChI=1S/C14H16N4O/c1-9(10-2-3-10)7-15-14(19)18-11-4-5-12-13(6-11)17-8-16-12/h4-8,10H,2-3H2,1H3,(H,16,17)(H2,15,18,19)/b9-7+. The van der Waals surface area contributed by atoms with Crippen molar-refractivity contribution < 1.29 is 4.79 Å². The van der Waals surface area contributed by atoms with E-state index in [4.69, 9.17) is 0 Å². The first-order valence-electron chi connectivity index (χ1n) is 6.40. The molecular weight excluding hydrogens is 240 g/mol. The van der Waals surface area contributed by atoms with E-state index < -0.39 is 0 Å². The Hall–Kier alpha value is -2.30. The lowest BCUT2D eigenvalue weighted by Crippen LogP contribution is -2.24. The number of allylic oxidation sites excluding steroid dienone is 1. The van der Waals surface area contributed by atoms with Gasteiger partial charge in [-0.15, -0.1) is 0 Å². The normalized spacial score (nSPS) is 15.5.